The highest BCUT2D eigenvalue weighted by Crippen LogP contribution is 2.34. The lowest BCUT2D eigenvalue weighted by Gasteiger charge is -2.11. The van der Waals surface area contributed by atoms with Crippen LogP contribution in [-0.2, 0) is 23.3 Å². The van der Waals surface area contributed by atoms with Crippen molar-refractivity contribution in [2.24, 2.45) is 0 Å². The molecule has 0 aliphatic heterocycles. The minimum atomic E-state index is -4.42. The zero-order chi connectivity index (χ0) is 23.5. The van der Waals surface area contributed by atoms with Crippen molar-refractivity contribution in [1.29, 1.82) is 0 Å². The molecule has 0 radical (unpaired) electrons. The molecule has 4 nitrogen and oxygen atoms in total. The van der Waals surface area contributed by atoms with Crippen molar-refractivity contribution in [3.63, 3.8) is 0 Å². The summed E-state index contributed by atoms with van der Waals surface area (Å²) in [5, 5.41) is 4.60. The Morgan fingerprint density at radius 3 is 2.38 bits per heavy atom. The number of furan rings is 1. The van der Waals surface area contributed by atoms with E-state index in [0.29, 0.717) is 34.0 Å². The predicted octanol–water partition coefficient (Wildman–Crippen LogP) is 6.76. The van der Waals surface area contributed by atoms with E-state index in [1.165, 1.54) is 18.2 Å². The second-order valence-electron chi connectivity index (χ2n) is 6.81. The Morgan fingerprint density at radius 2 is 1.75 bits per heavy atom. The summed E-state index contributed by atoms with van der Waals surface area (Å²) in [5.74, 6) is -1.13. The third-order valence-electron chi connectivity index (χ3n) is 4.48. The third kappa shape index (κ3) is 5.82. The van der Waals surface area contributed by atoms with Crippen LogP contribution in [0.3, 0.4) is 0 Å². The Hall–Kier alpha value is -3.01. The molecular formula is C22H17F5O4S. The van der Waals surface area contributed by atoms with Gasteiger partial charge in [-0.05, 0) is 42.8 Å². The number of benzene rings is 2. The molecule has 10 heteroatoms. The van der Waals surface area contributed by atoms with Crippen LogP contribution in [0.4, 0.5) is 22.0 Å². The van der Waals surface area contributed by atoms with Gasteiger partial charge in [-0.25, -0.2) is 4.79 Å². The standard InChI is InChI=1S/C22H17F5O4S/c1-13-16(10-19(31-13)15-5-7-17(8-6-15)21(23,24)25)11-30-18-4-2-3-14(9-18)12-32-22(26,27)20(28)29/h2-10H,11-12H2,1H3,(H,28,29). The molecule has 0 spiro atoms. The van der Waals surface area contributed by atoms with E-state index in [1.807, 2.05) is 0 Å². The molecule has 1 N–H and O–H groups in total. The number of ether oxygens (including phenoxy) is 1. The Morgan fingerprint density at radius 1 is 1.06 bits per heavy atom. The lowest BCUT2D eigenvalue weighted by atomic mass is 10.1. The highest BCUT2D eigenvalue weighted by atomic mass is 32.2. The number of aryl methyl sites for hydroxylation is 1. The summed E-state index contributed by atoms with van der Waals surface area (Å²) in [4.78, 5) is 10.5. The van der Waals surface area contributed by atoms with Gasteiger partial charge < -0.3 is 14.3 Å². The minimum absolute atomic E-state index is 0.00492. The SMILES string of the molecule is Cc1oc(-c2ccc(C(F)(F)F)cc2)cc1COc1cccc(CSC(F)(F)C(=O)O)c1. The van der Waals surface area contributed by atoms with Gasteiger partial charge in [0.2, 0.25) is 0 Å². The van der Waals surface area contributed by atoms with Gasteiger partial charge in [0, 0.05) is 16.9 Å². The quantitative estimate of drug-likeness (QED) is 0.367. The maximum atomic E-state index is 13.2. The van der Waals surface area contributed by atoms with Gasteiger partial charge in [-0.3, -0.25) is 0 Å². The number of alkyl halides is 5. The van der Waals surface area contributed by atoms with E-state index in [0.717, 1.165) is 12.1 Å². The van der Waals surface area contributed by atoms with Crippen LogP contribution in [0.1, 0.15) is 22.5 Å². The molecule has 32 heavy (non-hydrogen) atoms. The molecule has 3 aromatic rings. The van der Waals surface area contributed by atoms with Gasteiger partial charge in [0.05, 0.1) is 5.56 Å². The summed E-state index contributed by atoms with van der Waals surface area (Å²) in [6.07, 6.45) is -4.42. The number of hydrogen-bond donors (Lipinski definition) is 1. The second kappa shape index (κ2) is 9.23. The lowest BCUT2D eigenvalue weighted by molar-refractivity contribution is -0.152. The van der Waals surface area contributed by atoms with E-state index >= 15 is 0 Å². The zero-order valence-corrected chi connectivity index (χ0v) is 17.4. The second-order valence-corrected chi connectivity index (χ2v) is 7.90. The van der Waals surface area contributed by atoms with Crippen LogP contribution < -0.4 is 4.74 Å². The smallest absolute Gasteiger partial charge is 0.416 e. The molecule has 0 unspecified atom stereocenters. The van der Waals surface area contributed by atoms with E-state index in [2.05, 4.69) is 0 Å². The van der Waals surface area contributed by atoms with Crippen molar-refractivity contribution in [3.8, 4) is 17.1 Å². The van der Waals surface area contributed by atoms with Gasteiger partial charge in [-0.1, -0.05) is 36.0 Å². The van der Waals surface area contributed by atoms with E-state index in [-0.39, 0.29) is 24.1 Å². The average molecular weight is 472 g/mol. The minimum Gasteiger partial charge on any atom is -0.489 e. The molecule has 1 aromatic heterocycles. The molecule has 2 aromatic carbocycles. The summed E-state index contributed by atoms with van der Waals surface area (Å²) in [6, 6.07) is 12.6. The number of rotatable bonds is 8. The van der Waals surface area contributed by atoms with Gasteiger partial charge in [-0.2, -0.15) is 22.0 Å². The van der Waals surface area contributed by atoms with E-state index in [4.69, 9.17) is 14.3 Å². The van der Waals surface area contributed by atoms with Gasteiger partial charge in [0.1, 0.15) is 23.9 Å². The zero-order valence-electron chi connectivity index (χ0n) is 16.6. The van der Waals surface area contributed by atoms with Gasteiger partial charge in [0.15, 0.2) is 0 Å². The highest BCUT2D eigenvalue weighted by molar-refractivity contribution is 8.00. The van der Waals surface area contributed by atoms with Crippen LogP contribution in [0.5, 0.6) is 5.75 Å². The highest BCUT2D eigenvalue weighted by Gasteiger charge is 2.39. The van der Waals surface area contributed by atoms with E-state index < -0.39 is 23.0 Å². The van der Waals surface area contributed by atoms with E-state index in [1.54, 1.807) is 31.2 Å². The van der Waals surface area contributed by atoms with Crippen molar-refractivity contribution in [3.05, 3.63) is 77.0 Å². The first kappa shape index (κ1) is 23.6. The number of carboxylic acid groups (broad SMARTS) is 1. The van der Waals surface area contributed by atoms with Crippen LogP contribution >= 0.6 is 11.8 Å². The maximum absolute atomic E-state index is 13.2. The summed E-state index contributed by atoms with van der Waals surface area (Å²) < 4.78 is 75.9. The van der Waals surface area contributed by atoms with Gasteiger partial charge >= 0.3 is 17.4 Å². The van der Waals surface area contributed by atoms with Crippen molar-refractivity contribution < 1.29 is 41.0 Å². The van der Waals surface area contributed by atoms with Gasteiger partial charge in [-0.15, -0.1) is 0 Å². The largest absolute Gasteiger partial charge is 0.489 e. The summed E-state index contributed by atoms with van der Waals surface area (Å²) in [6.45, 7) is 1.77. The van der Waals surface area contributed by atoms with Crippen LogP contribution in [-0.4, -0.2) is 16.3 Å². The Balaban J connectivity index is 1.66. The fourth-order valence-electron chi connectivity index (χ4n) is 2.75. The van der Waals surface area contributed by atoms with Crippen LogP contribution in [0.15, 0.2) is 59.0 Å². The Bertz CT molecular complexity index is 1090. The van der Waals surface area contributed by atoms with Crippen molar-refractivity contribution in [2.75, 3.05) is 0 Å². The molecule has 1 heterocycles. The topological polar surface area (TPSA) is 59.7 Å². The number of carboxylic acids is 1. The summed E-state index contributed by atoms with van der Waals surface area (Å²) in [7, 11) is 0. The Labute approximate surface area is 184 Å². The van der Waals surface area contributed by atoms with Crippen molar-refractivity contribution in [1.82, 2.24) is 0 Å². The van der Waals surface area contributed by atoms with Crippen LogP contribution in [0, 0.1) is 6.92 Å². The van der Waals surface area contributed by atoms with Crippen LogP contribution in [0.25, 0.3) is 11.3 Å². The molecule has 170 valence electrons. The fourth-order valence-corrected chi connectivity index (χ4v) is 3.40. The lowest BCUT2D eigenvalue weighted by Crippen LogP contribution is -2.23. The molecule has 0 aliphatic carbocycles. The monoisotopic (exact) mass is 472 g/mol. The molecular weight excluding hydrogens is 455 g/mol. The number of thioether (sulfide) groups is 1. The van der Waals surface area contributed by atoms with Gasteiger partial charge in [0.25, 0.3) is 0 Å². The summed E-state index contributed by atoms with van der Waals surface area (Å²) >= 11 is -0.00492. The van der Waals surface area contributed by atoms with Crippen molar-refractivity contribution >= 4 is 17.7 Å². The Kier molecular flexibility index (Phi) is 6.82. The third-order valence-corrected chi connectivity index (χ3v) is 5.49. The normalized spacial score (nSPS) is 12.1. The first-order valence-electron chi connectivity index (χ1n) is 9.19. The average Bonchev–Trinajstić information content (AvgIpc) is 3.11. The van der Waals surface area contributed by atoms with Crippen LogP contribution in [0.2, 0.25) is 0 Å². The molecule has 0 saturated heterocycles. The molecule has 0 saturated carbocycles. The first-order valence-corrected chi connectivity index (χ1v) is 10.2. The molecule has 0 amide bonds. The number of hydrogen-bond acceptors (Lipinski definition) is 4. The maximum Gasteiger partial charge on any atom is 0.416 e. The molecule has 0 aliphatic rings. The van der Waals surface area contributed by atoms with Crippen molar-refractivity contribution in [2.45, 2.75) is 30.7 Å². The summed E-state index contributed by atoms with van der Waals surface area (Å²) in [5.41, 5.74) is 0.845. The number of halogens is 5. The molecule has 3 rings (SSSR count). The fraction of sp³-hybridized carbons (Fsp3) is 0.227. The molecule has 0 fully saturated rings. The number of aliphatic carboxylic acids is 1. The van der Waals surface area contributed by atoms with E-state index in [9.17, 15) is 26.7 Å². The molecule has 0 bridgehead atoms. The first-order chi connectivity index (χ1) is 15.0. The predicted molar refractivity (Wildman–Crippen MR) is 109 cm³/mol. The molecule has 0 atom stereocenters. The number of carbonyl (C=O) groups is 1.